The number of methoxy groups -OCH3 is 1. The Morgan fingerprint density at radius 1 is 1.32 bits per heavy atom. The molecule has 1 saturated heterocycles. The second-order valence-electron chi connectivity index (χ2n) is 6.38. The van der Waals surface area contributed by atoms with Crippen LogP contribution in [0.3, 0.4) is 0 Å². The number of carbonyl (C=O) groups is 1. The van der Waals surface area contributed by atoms with E-state index in [0.29, 0.717) is 23.7 Å². The molecule has 2 N–H and O–H groups in total. The molecule has 0 saturated carbocycles. The highest BCUT2D eigenvalue weighted by Crippen LogP contribution is 2.23. The molecule has 28 heavy (non-hydrogen) atoms. The second-order valence-corrected chi connectivity index (χ2v) is 6.38. The lowest BCUT2D eigenvalue weighted by Gasteiger charge is -2.20. The SMILES string of the molecule is COc1cccc(-c2ccc(=O)n(C3COCC3NC(=O)c3cnc[nH]3)n2)c1. The first-order chi connectivity index (χ1) is 13.7. The summed E-state index contributed by atoms with van der Waals surface area (Å²) in [4.78, 5) is 31.4. The molecule has 0 bridgehead atoms. The quantitative estimate of drug-likeness (QED) is 0.682. The van der Waals surface area contributed by atoms with E-state index >= 15 is 0 Å². The number of imidazole rings is 1. The van der Waals surface area contributed by atoms with Crippen molar-refractivity contribution in [2.24, 2.45) is 0 Å². The second kappa shape index (κ2) is 7.65. The number of hydrogen-bond acceptors (Lipinski definition) is 6. The summed E-state index contributed by atoms with van der Waals surface area (Å²) >= 11 is 0. The largest absolute Gasteiger partial charge is 0.497 e. The van der Waals surface area contributed by atoms with Crippen molar-refractivity contribution in [1.29, 1.82) is 0 Å². The number of nitrogens with zero attached hydrogens (tertiary/aromatic N) is 3. The van der Waals surface area contributed by atoms with Crippen LogP contribution in [-0.4, -0.2) is 52.0 Å². The number of aromatic amines is 1. The van der Waals surface area contributed by atoms with Crippen LogP contribution in [0.25, 0.3) is 11.3 Å². The van der Waals surface area contributed by atoms with Crippen LogP contribution in [0.1, 0.15) is 16.5 Å². The molecule has 144 valence electrons. The summed E-state index contributed by atoms with van der Waals surface area (Å²) in [7, 11) is 1.59. The molecule has 9 heteroatoms. The van der Waals surface area contributed by atoms with E-state index < -0.39 is 6.04 Å². The maximum Gasteiger partial charge on any atom is 0.269 e. The predicted octanol–water partition coefficient (Wildman–Crippen LogP) is 1.01. The first-order valence-corrected chi connectivity index (χ1v) is 8.77. The number of amides is 1. The zero-order valence-corrected chi connectivity index (χ0v) is 15.2. The fourth-order valence-corrected chi connectivity index (χ4v) is 3.15. The van der Waals surface area contributed by atoms with Crippen molar-refractivity contribution < 1.29 is 14.3 Å². The predicted molar refractivity (Wildman–Crippen MR) is 100 cm³/mol. The highest BCUT2D eigenvalue weighted by atomic mass is 16.5. The summed E-state index contributed by atoms with van der Waals surface area (Å²) in [5.74, 6) is 0.390. The minimum Gasteiger partial charge on any atom is -0.497 e. The van der Waals surface area contributed by atoms with Gasteiger partial charge < -0.3 is 19.8 Å². The van der Waals surface area contributed by atoms with Crippen molar-refractivity contribution in [3.05, 3.63) is 65.0 Å². The summed E-state index contributed by atoms with van der Waals surface area (Å²) < 4.78 is 12.1. The Morgan fingerprint density at radius 2 is 2.21 bits per heavy atom. The highest BCUT2D eigenvalue weighted by Gasteiger charge is 2.33. The van der Waals surface area contributed by atoms with E-state index in [9.17, 15) is 9.59 Å². The van der Waals surface area contributed by atoms with Gasteiger partial charge in [-0.3, -0.25) is 9.59 Å². The van der Waals surface area contributed by atoms with E-state index in [2.05, 4.69) is 20.4 Å². The number of benzene rings is 1. The monoisotopic (exact) mass is 381 g/mol. The zero-order chi connectivity index (χ0) is 19.5. The molecule has 1 aromatic carbocycles. The third-order valence-electron chi connectivity index (χ3n) is 4.61. The first-order valence-electron chi connectivity index (χ1n) is 8.77. The van der Waals surface area contributed by atoms with Gasteiger partial charge in [0.25, 0.3) is 11.5 Å². The number of nitrogens with one attached hydrogen (secondary N) is 2. The third kappa shape index (κ3) is 3.52. The lowest BCUT2D eigenvalue weighted by molar-refractivity contribution is 0.0920. The average molecular weight is 381 g/mol. The van der Waals surface area contributed by atoms with Gasteiger partial charge >= 0.3 is 0 Å². The van der Waals surface area contributed by atoms with Gasteiger partial charge in [0.15, 0.2) is 0 Å². The molecule has 0 spiro atoms. The fourth-order valence-electron chi connectivity index (χ4n) is 3.15. The Morgan fingerprint density at radius 3 is 3.00 bits per heavy atom. The van der Waals surface area contributed by atoms with Crippen molar-refractivity contribution in [3.8, 4) is 17.0 Å². The van der Waals surface area contributed by atoms with E-state index in [0.717, 1.165) is 5.56 Å². The molecular formula is C19H19N5O4. The molecule has 1 aliphatic rings. The number of aromatic nitrogens is 4. The molecule has 1 aliphatic heterocycles. The van der Waals surface area contributed by atoms with Gasteiger partial charge in [0.2, 0.25) is 0 Å². The Kier molecular flexibility index (Phi) is 4.90. The van der Waals surface area contributed by atoms with Crippen molar-refractivity contribution in [1.82, 2.24) is 25.1 Å². The van der Waals surface area contributed by atoms with E-state index in [1.807, 2.05) is 24.3 Å². The number of carbonyl (C=O) groups excluding carboxylic acids is 1. The minimum absolute atomic E-state index is 0.261. The van der Waals surface area contributed by atoms with Crippen LogP contribution < -0.4 is 15.6 Å². The van der Waals surface area contributed by atoms with Crippen LogP contribution in [0.15, 0.2) is 53.7 Å². The van der Waals surface area contributed by atoms with Gasteiger partial charge in [-0.2, -0.15) is 5.10 Å². The number of rotatable bonds is 5. The van der Waals surface area contributed by atoms with Crippen LogP contribution in [0.5, 0.6) is 5.75 Å². The Hall–Kier alpha value is -3.46. The topological polar surface area (TPSA) is 111 Å². The summed E-state index contributed by atoms with van der Waals surface area (Å²) in [5.41, 5.74) is 1.54. The molecule has 2 unspecified atom stereocenters. The summed E-state index contributed by atoms with van der Waals surface area (Å²) in [6, 6.07) is 9.77. The first kappa shape index (κ1) is 17.9. The van der Waals surface area contributed by atoms with Gasteiger partial charge in [0.05, 0.1) is 44.6 Å². The van der Waals surface area contributed by atoms with E-state index in [-0.39, 0.29) is 24.1 Å². The van der Waals surface area contributed by atoms with Crippen LogP contribution in [0.4, 0.5) is 0 Å². The number of hydrogen-bond donors (Lipinski definition) is 2. The van der Waals surface area contributed by atoms with Crippen molar-refractivity contribution in [2.75, 3.05) is 20.3 Å². The van der Waals surface area contributed by atoms with Crippen LogP contribution >= 0.6 is 0 Å². The van der Waals surface area contributed by atoms with Gasteiger partial charge in [-0.25, -0.2) is 9.67 Å². The smallest absolute Gasteiger partial charge is 0.269 e. The zero-order valence-electron chi connectivity index (χ0n) is 15.2. The third-order valence-corrected chi connectivity index (χ3v) is 4.61. The number of H-pyrrole nitrogens is 1. The Labute approximate surface area is 160 Å². The van der Waals surface area contributed by atoms with Gasteiger partial charge in [-0.1, -0.05) is 12.1 Å². The van der Waals surface area contributed by atoms with Crippen LogP contribution in [-0.2, 0) is 4.74 Å². The molecule has 3 heterocycles. The van der Waals surface area contributed by atoms with Crippen molar-refractivity contribution >= 4 is 5.91 Å². The summed E-state index contributed by atoms with van der Waals surface area (Å²) in [6.07, 6.45) is 2.87. The van der Waals surface area contributed by atoms with E-state index in [4.69, 9.17) is 9.47 Å². The van der Waals surface area contributed by atoms with Gasteiger partial charge in [-0.15, -0.1) is 0 Å². The number of ether oxygens (including phenoxy) is 2. The van der Waals surface area contributed by atoms with Crippen LogP contribution in [0.2, 0.25) is 0 Å². The molecule has 1 fully saturated rings. The molecule has 2 atom stereocenters. The Bertz CT molecular complexity index is 1030. The molecule has 1 amide bonds. The summed E-state index contributed by atoms with van der Waals surface area (Å²) in [5, 5.41) is 7.40. The Balaban J connectivity index is 1.62. The van der Waals surface area contributed by atoms with Crippen molar-refractivity contribution in [2.45, 2.75) is 12.1 Å². The van der Waals surface area contributed by atoms with Crippen LogP contribution in [0, 0.1) is 0 Å². The van der Waals surface area contributed by atoms with Gasteiger partial charge in [0, 0.05) is 11.6 Å². The fraction of sp³-hybridized carbons (Fsp3) is 0.263. The lowest BCUT2D eigenvalue weighted by atomic mass is 10.1. The maximum absolute atomic E-state index is 12.5. The maximum atomic E-state index is 12.5. The molecule has 2 aromatic heterocycles. The standard InChI is InChI=1S/C19H19N5O4/c1-27-13-4-2-3-12(7-13)14-5-6-18(25)24(23-14)17-10-28-9-16(17)22-19(26)15-8-20-11-21-15/h2-8,11,16-17H,9-10H2,1H3,(H,20,21)(H,22,26). The lowest BCUT2D eigenvalue weighted by Crippen LogP contribution is -2.44. The minimum atomic E-state index is -0.412. The highest BCUT2D eigenvalue weighted by molar-refractivity contribution is 5.92. The van der Waals surface area contributed by atoms with E-state index in [1.165, 1.54) is 23.3 Å². The van der Waals surface area contributed by atoms with Gasteiger partial charge in [-0.05, 0) is 18.2 Å². The molecular weight excluding hydrogens is 362 g/mol. The normalized spacial score (nSPS) is 18.8. The molecule has 0 radical (unpaired) electrons. The molecule has 4 rings (SSSR count). The van der Waals surface area contributed by atoms with Gasteiger partial charge in [0.1, 0.15) is 17.5 Å². The summed E-state index contributed by atoms with van der Waals surface area (Å²) in [6.45, 7) is 0.574. The van der Waals surface area contributed by atoms with Crippen molar-refractivity contribution in [3.63, 3.8) is 0 Å². The average Bonchev–Trinajstić information content (AvgIpc) is 3.40. The molecule has 0 aliphatic carbocycles. The molecule has 3 aromatic rings. The molecule has 9 nitrogen and oxygen atoms in total. The van der Waals surface area contributed by atoms with E-state index in [1.54, 1.807) is 13.2 Å².